The standard InChI is InChI=1S/C20H20N2O3S/c1-2-25-17-9-5-4-8-16(17)22-20(24)14(11-21)19(23)15-12-26-18-10-6-3-7-13(15)18/h4-5,8-9,12,14H,2-3,6-7,10H2,1H3,(H,22,24)/t14-/m1/s1. The molecule has 1 aromatic heterocycles. The van der Waals surface area contributed by atoms with E-state index in [0.29, 0.717) is 23.6 Å². The fourth-order valence-corrected chi connectivity index (χ4v) is 4.28. The molecule has 0 radical (unpaired) electrons. The molecule has 134 valence electrons. The minimum absolute atomic E-state index is 0.418. The van der Waals surface area contributed by atoms with Gasteiger partial charge in [0.05, 0.1) is 18.4 Å². The lowest BCUT2D eigenvalue weighted by Gasteiger charge is -2.15. The van der Waals surface area contributed by atoms with Crippen LogP contribution in [0.4, 0.5) is 5.69 Å². The monoisotopic (exact) mass is 368 g/mol. The Morgan fingerprint density at radius 1 is 1.31 bits per heavy atom. The van der Waals surface area contributed by atoms with E-state index >= 15 is 0 Å². The number of hydrogen-bond donors (Lipinski definition) is 1. The van der Waals surface area contributed by atoms with Crippen molar-refractivity contribution >= 4 is 28.7 Å². The van der Waals surface area contributed by atoms with Crippen LogP contribution in [0.3, 0.4) is 0 Å². The first kappa shape index (κ1) is 18.2. The van der Waals surface area contributed by atoms with Gasteiger partial charge in [-0.05, 0) is 50.3 Å². The molecule has 1 N–H and O–H groups in total. The van der Waals surface area contributed by atoms with Crippen LogP contribution in [0.15, 0.2) is 29.6 Å². The molecule has 0 fully saturated rings. The molecule has 0 aliphatic heterocycles. The number of nitrogens with zero attached hydrogens (tertiary/aromatic N) is 1. The Labute approximate surface area is 156 Å². The van der Waals surface area contributed by atoms with E-state index in [4.69, 9.17) is 4.74 Å². The summed E-state index contributed by atoms with van der Waals surface area (Å²) in [5, 5.41) is 13.9. The lowest BCUT2D eigenvalue weighted by molar-refractivity contribution is -0.117. The molecule has 5 nitrogen and oxygen atoms in total. The second-order valence-electron chi connectivity index (χ2n) is 6.10. The van der Waals surface area contributed by atoms with Crippen LogP contribution in [0, 0.1) is 17.2 Å². The number of nitrogens with one attached hydrogen (secondary N) is 1. The van der Waals surface area contributed by atoms with Gasteiger partial charge >= 0.3 is 0 Å². The number of thiophene rings is 1. The number of Topliss-reactive ketones (excluding diaryl/α,β-unsaturated/α-hetero) is 1. The van der Waals surface area contributed by atoms with Crippen molar-refractivity contribution in [2.45, 2.75) is 32.6 Å². The summed E-state index contributed by atoms with van der Waals surface area (Å²) < 4.78 is 5.48. The van der Waals surface area contributed by atoms with Crippen LogP contribution in [0.25, 0.3) is 0 Å². The van der Waals surface area contributed by atoms with E-state index in [0.717, 1.165) is 31.2 Å². The predicted molar refractivity (Wildman–Crippen MR) is 101 cm³/mol. The number of aryl methyl sites for hydroxylation is 1. The van der Waals surface area contributed by atoms with Gasteiger partial charge in [0.2, 0.25) is 5.91 Å². The summed E-state index contributed by atoms with van der Waals surface area (Å²) in [7, 11) is 0. The van der Waals surface area contributed by atoms with E-state index in [9.17, 15) is 14.9 Å². The molecule has 1 aromatic carbocycles. The second kappa shape index (κ2) is 8.15. The average Bonchev–Trinajstić information content (AvgIpc) is 3.08. The van der Waals surface area contributed by atoms with Crippen LogP contribution < -0.4 is 10.1 Å². The number of nitriles is 1. The Kier molecular flexibility index (Phi) is 5.69. The normalized spacial score (nSPS) is 14.0. The van der Waals surface area contributed by atoms with Gasteiger partial charge in [-0.15, -0.1) is 11.3 Å². The fourth-order valence-electron chi connectivity index (χ4n) is 3.15. The molecule has 2 aromatic rings. The first-order chi connectivity index (χ1) is 12.7. The molecule has 0 unspecified atom stereocenters. The second-order valence-corrected chi connectivity index (χ2v) is 7.07. The number of ether oxygens (including phenoxy) is 1. The zero-order valence-corrected chi connectivity index (χ0v) is 15.4. The molecular formula is C20H20N2O3S. The number of anilines is 1. The molecule has 1 aliphatic rings. The minimum atomic E-state index is -1.37. The largest absolute Gasteiger partial charge is 0.492 e. The van der Waals surface area contributed by atoms with Crippen LogP contribution in [-0.4, -0.2) is 18.3 Å². The highest BCUT2D eigenvalue weighted by atomic mass is 32.1. The maximum atomic E-state index is 12.8. The molecule has 0 saturated carbocycles. The van der Waals surface area contributed by atoms with Gasteiger partial charge in [-0.3, -0.25) is 9.59 Å². The fraction of sp³-hybridized carbons (Fsp3) is 0.350. The highest BCUT2D eigenvalue weighted by molar-refractivity contribution is 7.10. The number of carbonyl (C=O) groups excluding carboxylic acids is 2. The van der Waals surface area contributed by atoms with Gasteiger partial charge in [0.25, 0.3) is 0 Å². The molecule has 1 aliphatic carbocycles. The van der Waals surface area contributed by atoms with Gasteiger partial charge < -0.3 is 10.1 Å². The highest BCUT2D eigenvalue weighted by Crippen LogP contribution is 2.32. The quantitative estimate of drug-likeness (QED) is 0.618. The molecule has 3 rings (SSSR count). The Hall–Kier alpha value is -2.65. The molecule has 26 heavy (non-hydrogen) atoms. The van der Waals surface area contributed by atoms with Gasteiger partial charge in [-0.2, -0.15) is 5.26 Å². The number of fused-ring (bicyclic) bond motifs is 1. The third-order valence-corrected chi connectivity index (χ3v) is 5.51. The van der Waals surface area contributed by atoms with Gasteiger partial charge in [0.1, 0.15) is 5.75 Å². The van der Waals surface area contributed by atoms with Crippen molar-refractivity contribution in [1.82, 2.24) is 0 Å². The lowest BCUT2D eigenvalue weighted by atomic mass is 9.90. The summed E-state index contributed by atoms with van der Waals surface area (Å²) in [6.07, 6.45) is 3.97. The summed E-state index contributed by atoms with van der Waals surface area (Å²) in [6.45, 7) is 2.30. The van der Waals surface area contributed by atoms with Crippen molar-refractivity contribution in [1.29, 1.82) is 5.26 Å². The number of benzene rings is 1. The van der Waals surface area contributed by atoms with Crippen LogP contribution in [0.1, 0.15) is 40.6 Å². The SMILES string of the molecule is CCOc1ccccc1NC(=O)[C@H](C#N)C(=O)c1csc2c1CCCC2. The van der Waals surface area contributed by atoms with Gasteiger partial charge in [-0.25, -0.2) is 0 Å². The number of hydrogen-bond acceptors (Lipinski definition) is 5. The minimum Gasteiger partial charge on any atom is -0.492 e. The molecule has 1 heterocycles. The summed E-state index contributed by atoms with van der Waals surface area (Å²) in [6, 6.07) is 8.85. The third kappa shape index (κ3) is 3.63. The smallest absolute Gasteiger partial charge is 0.249 e. The molecule has 0 bridgehead atoms. The highest BCUT2D eigenvalue weighted by Gasteiger charge is 2.31. The molecular weight excluding hydrogens is 348 g/mol. The summed E-state index contributed by atoms with van der Waals surface area (Å²) in [5.41, 5.74) is 2.01. The number of carbonyl (C=O) groups is 2. The van der Waals surface area contributed by atoms with E-state index in [1.165, 1.54) is 4.88 Å². The zero-order valence-electron chi connectivity index (χ0n) is 14.6. The summed E-state index contributed by atoms with van der Waals surface area (Å²) in [4.78, 5) is 26.6. The third-order valence-electron chi connectivity index (χ3n) is 4.43. The average molecular weight is 368 g/mol. The summed E-state index contributed by atoms with van der Waals surface area (Å²) >= 11 is 1.55. The Bertz CT molecular complexity index is 866. The Balaban J connectivity index is 1.81. The Morgan fingerprint density at radius 3 is 2.85 bits per heavy atom. The van der Waals surface area contributed by atoms with Crippen LogP contribution in [-0.2, 0) is 17.6 Å². The Morgan fingerprint density at radius 2 is 2.08 bits per heavy atom. The van der Waals surface area contributed by atoms with E-state index < -0.39 is 17.6 Å². The van der Waals surface area contributed by atoms with Crippen molar-refractivity contribution in [2.24, 2.45) is 5.92 Å². The van der Waals surface area contributed by atoms with E-state index in [1.54, 1.807) is 41.0 Å². The topological polar surface area (TPSA) is 79.2 Å². The van der Waals surface area contributed by atoms with Gasteiger partial charge in [-0.1, -0.05) is 12.1 Å². The van der Waals surface area contributed by atoms with Crippen molar-refractivity contribution in [3.05, 3.63) is 45.6 Å². The van der Waals surface area contributed by atoms with Crippen molar-refractivity contribution in [3.63, 3.8) is 0 Å². The van der Waals surface area contributed by atoms with Crippen LogP contribution in [0.5, 0.6) is 5.75 Å². The number of para-hydroxylation sites is 2. The zero-order chi connectivity index (χ0) is 18.5. The maximum Gasteiger partial charge on any atom is 0.249 e. The van der Waals surface area contributed by atoms with Gasteiger partial charge in [0, 0.05) is 15.8 Å². The molecule has 1 amide bonds. The molecule has 6 heteroatoms. The first-order valence-electron chi connectivity index (χ1n) is 8.71. The van der Waals surface area contributed by atoms with Crippen molar-refractivity contribution in [3.8, 4) is 11.8 Å². The number of rotatable bonds is 6. The predicted octanol–water partition coefficient (Wildman–Crippen LogP) is 3.99. The van der Waals surface area contributed by atoms with Crippen LogP contribution in [0.2, 0.25) is 0 Å². The number of ketones is 1. The van der Waals surface area contributed by atoms with E-state index in [-0.39, 0.29) is 0 Å². The molecule has 0 spiro atoms. The summed E-state index contributed by atoms with van der Waals surface area (Å²) in [5.74, 6) is -1.90. The first-order valence-corrected chi connectivity index (χ1v) is 9.59. The maximum absolute atomic E-state index is 12.8. The number of amides is 1. The van der Waals surface area contributed by atoms with E-state index in [1.807, 2.05) is 13.0 Å². The van der Waals surface area contributed by atoms with Crippen LogP contribution >= 0.6 is 11.3 Å². The molecule has 0 saturated heterocycles. The van der Waals surface area contributed by atoms with Crippen molar-refractivity contribution in [2.75, 3.05) is 11.9 Å². The lowest BCUT2D eigenvalue weighted by Crippen LogP contribution is -2.29. The van der Waals surface area contributed by atoms with Crippen molar-refractivity contribution < 1.29 is 14.3 Å². The van der Waals surface area contributed by atoms with E-state index in [2.05, 4.69) is 5.32 Å². The van der Waals surface area contributed by atoms with Gasteiger partial charge in [0.15, 0.2) is 11.7 Å². The molecule has 1 atom stereocenters.